The minimum Gasteiger partial charge on any atom is -0.379 e. The molecule has 1 heterocycles. The first-order valence-electron chi connectivity index (χ1n) is 7.88. The fourth-order valence-electron chi connectivity index (χ4n) is 1.24. The fraction of sp³-hybridized carbons (Fsp3) is 0.933. The molecule has 1 rings (SSSR count). The van der Waals surface area contributed by atoms with Crippen LogP contribution in [0.1, 0.15) is 41.0 Å². The predicted molar refractivity (Wildman–Crippen MR) is 88.2 cm³/mol. The summed E-state index contributed by atoms with van der Waals surface area (Å²) in [5.74, 6) is 0. The Labute approximate surface area is 126 Å². The minimum atomic E-state index is 0.625. The lowest BCUT2D eigenvalue weighted by atomic mass is 10.4. The number of carbonyl (C=O) groups is 1. The van der Waals surface area contributed by atoms with Crippen LogP contribution < -0.4 is 10.6 Å². The maximum atomic E-state index is 9.06. The molecule has 0 spiro atoms. The lowest BCUT2D eigenvalue weighted by Crippen LogP contribution is -2.40. The topological polar surface area (TPSA) is 53.6 Å². The second-order valence-corrected chi connectivity index (χ2v) is 3.92. The van der Waals surface area contributed by atoms with Gasteiger partial charge in [-0.05, 0) is 6.54 Å². The molecule has 20 heavy (non-hydrogen) atoms. The van der Waals surface area contributed by atoms with Crippen LogP contribution in [0.5, 0.6) is 0 Å². The molecule has 124 valence electrons. The van der Waals surface area contributed by atoms with Crippen LogP contribution in [0.15, 0.2) is 0 Å². The monoisotopic (exact) mass is 291 g/mol. The highest BCUT2D eigenvalue weighted by Crippen LogP contribution is 1.94. The molecule has 0 aliphatic carbocycles. The highest BCUT2D eigenvalue weighted by Gasteiger charge is 2.08. The van der Waals surface area contributed by atoms with E-state index in [0.717, 1.165) is 45.9 Å². The van der Waals surface area contributed by atoms with E-state index in [1.54, 1.807) is 7.05 Å². The zero-order valence-corrected chi connectivity index (χ0v) is 14.5. The van der Waals surface area contributed by atoms with Gasteiger partial charge in [0.05, 0.1) is 13.2 Å². The normalized spacial score (nSPS) is 13.5. The predicted octanol–water partition coefficient (Wildman–Crippen LogP) is 1.73. The van der Waals surface area contributed by atoms with E-state index in [1.165, 1.54) is 6.42 Å². The van der Waals surface area contributed by atoms with Gasteiger partial charge < -0.3 is 15.4 Å². The van der Waals surface area contributed by atoms with Gasteiger partial charge in [0.2, 0.25) is 6.41 Å². The van der Waals surface area contributed by atoms with Gasteiger partial charge in [0.15, 0.2) is 0 Å². The molecule has 5 heteroatoms. The molecule has 0 aromatic carbocycles. The largest absolute Gasteiger partial charge is 0.379 e. The Kier molecular flexibility index (Phi) is 32.7. The molecule has 0 bridgehead atoms. The zero-order chi connectivity index (χ0) is 16.1. The number of nitrogens with zero attached hydrogens (tertiary/aromatic N) is 1. The Morgan fingerprint density at radius 1 is 1.15 bits per heavy atom. The van der Waals surface area contributed by atoms with Crippen molar-refractivity contribution in [3.8, 4) is 0 Å². The number of amides is 1. The van der Waals surface area contributed by atoms with Crippen LogP contribution in [0.3, 0.4) is 0 Å². The summed E-state index contributed by atoms with van der Waals surface area (Å²) in [7, 11) is 1.56. The molecule has 0 radical (unpaired) electrons. The van der Waals surface area contributed by atoms with E-state index < -0.39 is 0 Å². The number of nitrogens with one attached hydrogen (secondary N) is 2. The van der Waals surface area contributed by atoms with Crippen molar-refractivity contribution in [2.45, 2.75) is 41.0 Å². The van der Waals surface area contributed by atoms with Crippen molar-refractivity contribution < 1.29 is 9.53 Å². The molecule has 0 atom stereocenters. The van der Waals surface area contributed by atoms with Gasteiger partial charge in [-0.3, -0.25) is 9.69 Å². The number of ether oxygens (including phenoxy) is 1. The summed E-state index contributed by atoms with van der Waals surface area (Å²) in [6, 6.07) is 0. The molecule has 2 N–H and O–H groups in total. The summed E-state index contributed by atoms with van der Waals surface area (Å²) in [6.45, 7) is 17.8. The molecule has 0 aromatic heterocycles. The lowest BCUT2D eigenvalue weighted by Gasteiger charge is -2.26. The smallest absolute Gasteiger partial charge is 0.206 e. The summed E-state index contributed by atoms with van der Waals surface area (Å²) in [5, 5.41) is 5.56. The van der Waals surface area contributed by atoms with Crippen LogP contribution in [0.4, 0.5) is 0 Å². The second kappa shape index (κ2) is 26.8. The van der Waals surface area contributed by atoms with Crippen molar-refractivity contribution in [2.75, 3.05) is 53.0 Å². The lowest BCUT2D eigenvalue weighted by molar-refractivity contribution is -0.109. The molecular formula is C15H37N3O2. The summed E-state index contributed by atoms with van der Waals surface area (Å²) in [5.41, 5.74) is 0. The number of hydrogen-bond acceptors (Lipinski definition) is 4. The Morgan fingerprint density at radius 3 is 1.95 bits per heavy atom. The molecule has 1 saturated heterocycles. The molecule has 0 aromatic rings. The Hall–Kier alpha value is -0.650. The van der Waals surface area contributed by atoms with Crippen molar-refractivity contribution >= 4 is 6.41 Å². The third-order valence-corrected chi connectivity index (χ3v) is 2.08. The van der Waals surface area contributed by atoms with Crippen LogP contribution >= 0.6 is 0 Å². The minimum absolute atomic E-state index is 0.625. The number of hydrogen-bond donors (Lipinski definition) is 2. The number of rotatable bonds is 5. The highest BCUT2D eigenvalue weighted by atomic mass is 16.5. The van der Waals surface area contributed by atoms with E-state index in [9.17, 15) is 0 Å². The van der Waals surface area contributed by atoms with Crippen LogP contribution in [0.25, 0.3) is 0 Å². The molecule has 0 unspecified atom stereocenters. The number of morpholine rings is 1. The van der Waals surface area contributed by atoms with Crippen molar-refractivity contribution in [3.63, 3.8) is 0 Å². The molecule has 1 aliphatic rings. The maximum Gasteiger partial charge on any atom is 0.206 e. The average Bonchev–Trinajstić information content (AvgIpc) is 2.52. The number of carbonyl (C=O) groups excluding carboxylic acids is 1. The van der Waals surface area contributed by atoms with E-state index in [-0.39, 0.29) is 0 Å². The van der Waals surface area contributed by atoms with Gasteiger partial charge in [0, 0.05) is 33.2 Å². The molecule has 0 saturated carbocycles. The van der Waals surface area contributed by atoms with E-state index in [1.807, 2.05) is 13.8 Å². The zero-order valence-electron chi connectivity index (χ0n) is 14.5. The third-order valence-electron chi connectivity index (χ3n) is 2.08. The molecule has 1 aliphatic heterocycles. The SMILES string of the molecule is CC.CCC.CCNCCN1CCOCC1.CNC=O. The standard InChI is InChI=1S/C8H18N2O.C3H8.C2H5NO.C2H6/c1-2-9-3-4-10-5-7-11-8-6-10;1-3-2;1-3-2-4;1-2/h9H,2-8H2,1H3;3H2,1-2H3;2H,1H3,(H,3,4);1-2H3. The summed E-state index contributed by atoms with van der Waals surface area (Å²) < 4.78 is 5.24. The Balaban J connectivity index is -0.000000269. The van der Waals surface area contributed by atoms with E-state index in [2.05, 4.69) is 36.3 Å². The van der Waals surface area contributed by atoms with E-state index >= 15 is 0 Å². The first kappa shape index (κ1) is 24.4. The van der Waals surface area contributed by atoms with Gasteiger partial charge in [-0.25, -0.2) is 0 Å². The quantitative estimate of drug-likeness (QED) is 0.598. The van der Waals surface area contributed by atoms with Crippen molar-refractivity contribution in [1.29, 1.82) is 0 Å². The van der Waals surface area contributed by atoms with Gasteiger partial charge in [0.25, 0.3) is 0 Å². The number of likely N-dealkylation sites (N-methyl/N-ethyl adjacent to an activating group) is 1. The summed E-state index contributed by atoms with van der Waals surface area (Å²) in [4.78, 5) is 11.5. The van der Waals surface area contributed by atoms with Gasteiger partial charge >= 0.3 is 0 Å². The second-order valence-electron chi connectivity index (χ2n) is 3.92. The molecule has 1 amide bonds. The van der Waals surface area contributed by atoms with Crippen LogP contribution in [-0.2, 0) is 9.53 Å². The van der Waals surface area contributed by atoms with Gasteiger partial charge in [-0.15, -0.1) is 0 Å². The summed E-state index contributed by atoms with van der Waals surface area (Å²) in [6.07, 6.45) is 1.88. The third kappa shape index (κ3) is 26.0. The summed E-state index contributed by atoms with van der Waals surface area (Å²) >= 11 is 0. The van der Waals surface area contributed by atoms with E-state index in [4.69, 9.17) is 9.53 Å². The highest BCUT2D eigenvalue weighted by molar-refractivity contribution is 5.44. The van der Waals surface area contributed by atoms with Crippen molar-refractivity contribution in [2.24, 2.45) is 0 Å². The van der Waals surface area contributed by atoms with E-state index in [0.29, 0.717) is 6.41 Å². The van der Waals surface area contributed by atoms with Gasteiger partial charge in [-0.2, -0.15) is 0 Å². The maximum absolute atomic E-state index is 9.06. The molecule has 1 fully saturated rings. The first-order chi connectivity index (χ1) is 9.76. The first-order valence-corrected chi connectivity index (χ1v) is 7.88. The van der Waals surface area contributed by atoms with Gasteiger partial charge in [-0.1, -0.05) is 41.0 Å². The van der Waals surface area contributed by atoms with Crippen LogP contribution in [-0.4, -0.2) is 64.3 Å². The van der Waals surface area contributed by atoms with Crippen molar-refractivity contribution in [1.82, 2.24) is 15.5 Å². The van der Waals surface area contributed by atoms with Crippen molar-refractivity contribution in [3.05, 3.63) is 0 Å². The Morgan fingerprint density at radius 2 is 1.60 bits per heavy atom. The molecular weight excluding hydrogens is 254 g/mol. The van der Waals surface area contributed by atoms with Gasteiger partial charge in [0.1, 0.15) is 0 Å². The fourth-order valence-corrected chi connectivity index (χ4v) is 1.24. The molecule has 5 nitrogen and oxygen atoms in total. The van der Waals surface area contributed by atoms with Crippen LogP contribution in [0.2, 0.25) is 0 Å². The van der Waals surface area contributed by atoms with Crippen LogP contribution in [0, 0.1) is 0 Å². The Bertz CT molecular complexity index is 152. The average molecular weight is 291 g/mol.